The van der Waals surface area contributed by atoms with Crippen molar-refractivity contribution in [3.05, 3.63) is 97.2 Å². The second-order valence-corrected chi connectivity index (χ2v) is 15.6. The highest BCUT2D eigenvalue weighted by molar-refractivity contribution is 5.71. The molecule has 6 nitrogen and oxygen atoms in total. The third-order valence-electron chi connectivity index (χ3n) is 9.86. The van der Waals surface area contributed by atoms with Crippen molar-refractivity contribution in [1.82, 2.24) is 0 Å². The van der Waals surface area contributed by atoms with Crippen LogP contribution in [0.2, 0.25) is 0 Å². The standard InChI is InChI=1S/C54H88O6/c1-4-7-10-13-16-19-22-25-26-27-30-32-35-38-41-44-47-53(56)59-50-51(60-54(57)48-45-42-39-36-33-29-24-21-18-15-12-9-6-3)49-58-52(55)46-43-40-37-34-31-28-23-20-17-14-11-8-5-2/h8-9,11-12,17-18,20-21,28-29,31,33,37,39-40,42,51H,4-7,10,13-16,19,22-27,30,32,34-36,38,41,43-50H2,1-3H3/b11-8-,12-9-,20-17-,21-18-,31-28-,33-29-,40-37-,42-39-. The van der Waals surface area contributed by atoms with Crippen LogP contribution in [0.4, 0.5) is 0 Å². The van der Waals surface area contributed by atoms with E-state index in [-0.39, 0.29) is 38.0 Å². The Morgan fingerprint density at radius 3 is 1.02 bits per heavy atom. The smallest absolute Gasteiger partial charge is 0.306 e. The van der Waals surface area contributed by atoms with Gasteiger partial charge in [-0.15, -0.1) is 0 Å². The van der Waals surface area contributed by atoms with Gasteiger partial charge in [-0.05, 0) is 70.6 Å². The van der Waals surface area contributed by atoms with Crippen LogP contribution in [-0.4, -0.2) is 37.2 Å². The first-order valence-electron chi connectivity index (χ1n) is 24.2. The van der Waals surface area contributed by atoms with E-state index in [9.17, 15) is 14.4 Å². The second-order valence-electron chi connectivity index (χ2n) is 15.6. The number of hydrogen-bond acceptors (Lipinski definition) is 6. The van der Waals surface area contributed by atoms with Crippen LogP contribution in [0.25, 0.3) is 0 Å². The molecule has 0 aromatic heterocycles. The Morgan fingerprint density at radius 1 is 0.350 bits per heavy atom. The Balaban J connectivity index is 4.53. The molecule has 0 aromatic carbocycles. The SMILES string of the molecule is CC/C=C\C/C=C\C/C=C\C/C=C\CCC(=O)OCC(COC(=O)CCCCCCCCCCCCCCCCCC)OC(=O)CC/C=C\C/C=C\C/C=C\C/C=C\CC. The Bertz CT molecular complexity index is 1230. The van der Waals surface area contributed by atoms with E-state index in [0.717, 1.165) is 70.6 Å². The number of unbranched alkanes of at least 4 members (excludes halogenated alkanes) is 15. The zero-order valence-electron chi connectivity index (χ0n) is 38.7. The summed E-state index contributed by atoms with van der Waals surface area (Å²) in [5.41, 5.74) is 0. The van der Waals surface area contributed by atoms with Crippen molar-refractivity contribution < 1.29 is 28.6 Å². The molecule has 0 spiro atoms. The van der Waals surface area contributed by atoms with Gasteiger partial charge in [0.15, 0.2) is 6.10 Å². The molecule has 0 saturated heterocycles. The van der Waals surface area contributed by atoms with Crippen LogP contribution < -0.4 is 0 Å². The van der Waals surface area contributed by atoms with Crippen molar-refractivity contribution >= 4 is 17.9 Å². The Morgan fingerprint density at radius 2 is 0.650 bits per heavy atom. The number of ether oxygens (including phenoxy) is 3. The van der Waals surface area contributed by atoms with Gasteiger partial charge in [0.05, 0.1) is 0 Å². The van der Waals surface area contributed by atoms with Crippen molar-refractivity contribution in [2.45, 2.75) is 213 Å². The molecule has 1 unspecified atom stereocenters. The molecular weight excluding hydrogens is 745 g/mol. The normalized spacial score (nSPS) is 12.9. The summed E-state index contributed by atoms with van der Waals surface area (Å²) in [7, 11) is 0. The zero-order valence-corrected chi connectivity index (χ0v) is 38.7. The molecule has 0 fully saturated rings. The number of rotatable bonds is 42. The van der Waals surface area contributed by atoms with Gasteiger partial charge < -0.3 is 14.2 Å². The fourth-order valence-electron chi connectivity index (χ4n) is 6.29. The first-order valence-corrected chi connectivity index (χ1v) is 24.2. The molecule has 1 atom stereocenters. The molecule has 0 rings (SSSR count). The summed E-state index contributed by atoms with van der Waals surface area (Å²) < 4.78 is 16.6. The van der Waals surface area contributed by atoms with Crippen LogP contribution in [0, 0.1) is 0 Å². The van der Waals surface area contributed by atoms with E-state index < -0.39 is 12.1 Å². The van der Waals surface area contributed by atoms with Gasteiger partial charge in [0.1, 0.15) is 13.2 Å². The Labute approximate surface area is 368 Å². The number of esters is 3. The minimum atomic E-state index is -0.842. The number of hydrogen-bond donors (Lipinski definition) is 0. The molecule has 6 heteroatoms. The van der Waals surface area contributed by atoms with Gasteiger partial charge in [0, 0.05) is 19.3 Å². The van der Waals surface area contributed by atoms with Crippen LogP contribution in [0.15, 0.2) is 97.2 Å². The van der Waals surface area contributed by atoms with Gasteiger partial charge in [-0.25, -0.2) is 0 Å². The maximum atomic E-state index is 12.7. The van der Waals surface area contributed by atoms with Crippen molar-refractivity contribution in [2.24, 2.45) is 0 Å². The average molecular weight is 833 g/mol. The lowest BCUT2D eigenvalue weighted by molar-refractivity contribution is -0.166. The summed E-state index contributed by atoms with van der Waals surface area (Å²) in [5.74, 6) is -1.10. The molecule has 0 radical (unpaired) electrons. The highest BCUT2D eigenvalue weighted by Gasteiger charge is 2.19. The molecule has 340 valence electrons. The largest absolute Gasteiger partial charge is 0.462 e. The summed E-state index contributed by atoms with van der Waals surface area (Å²) >= 11 is 0. The Kier molecular flexibility index (Phi) is 45.1. The van der Waals surface area contributed by atoms with Gasteiger partial charge in [0.2, 0.25) is 0 Å². The first kappa shape index (κ1) is 56.3. The molecule has 0 amide bonds. The summed E-state index contributed by atoms with van der Waals surface area (Å²) in [4.78, 5) is 37.8. The van der Waals surface area contributed by atoms with E-state index in [2.05, 4.69) is 93.7 Å². The van der Waals surface area contributed by atoms with Crippen LogP contribution in [0.5, 0.6) is 0 Å². The molecule has 60 heavy (non-hydrogen) atoms. The van der Waals surface area contributed by atoms with Gasteiger partial charge in [0.25, 0.3) is 0 Å². The van der Waals surface area contributed by atoms with Gasteiger partial charge in [-0.2, -0.15) is 0 Å². The lowest BCUT2D eigenvalue weighted by Crippen LogP contribution is -2.30. The average Bonchev–Trinajstić information content (AvgIpc) is 3.24. The third-order valence-corrected chi connectivity index (χ3v) is 9.86. The van der Waals surface area contributed by atoms with Crippen molar-refractivity contribution in [2.75, 3.05) is 13.2 Å². The molecule has 0 N–H and O–H groups in total. The van der Waals surface area contributed by atoms with Gasteiger partial charge >= 0.3 is 17.9 Å². The molecule has 0 aliphatic carbocycles. The summed E-state index contributed by atoms with van der Waals surface area (Å²) in [6.07, 6.45) is 62.8. The molecule has 0 aromatic rings. The molecule has 0 aliphatic heterocycles. The molecule has 0 saturated carbocycles. The Hall–Kier alpha value is -3.67. The van der Waals surface area contributed by atoms with Crippen LogP contribution in [-0.2, 0) is 28.6 Å². The molecular formula is C54H88O6. The lowest BCUT2D eigenvalue weighted by atomic mass is 10.0. The molecule has 0 aliphatic rings. The minimum absolute atomic E-state index is 0.127. The van der Waals surface area contributed by atoms with Crippen molar-refractivity contribution in [3.63, 3.8) is 0 Å². The number of carbonyl (C=O) groups excluding carboxylic acids is 3. The number of allylic oxidation sites excluding steroid dienone is 16. The van der Waals surface area contributed by atoms with E-state index in [1.165, 1.54) is 83.5 Å². The fraction of sp³-hybridized carbons (Fsp3) is 0.648. The van der Waals surface area contributed by atoms with Crippen molar-refractivity contribution in [1.29, 1.82) is 0 Å². The van der Waals surface area contributed by atoms with E-state index in [1.807, 2.05) is 24.3 Å². The topological polar surface area (TPSA) is 78.9 Å². The molecule has 0 bridgehead atoms. The summed E-state index contributed by atoms with van der Waals surface area (Å²) in [6, 6.07) is 0. The highest BCUT2D eigenvalue weighted by Crippen LogP contribution is 2.14. The fourth-order valence-corrected chi connectivity index (χ4v) is 6.29. The van der Waals surface area contributed by atoms with Gasteiger partial charge in [-0.1, -0.05) is 214 Å². The van der Waals surface area contributed by atoms with E-state index >= 15 is 0 Å². The third kappa shape index (κ3) is 45.4. The zero-order chi connectivity index (χ0) is 43.7. The van der Waals surface area contributed by atoms with Crippen LogP contribution in [0.3, 0.4) is 0 Å². The van der Waals surface area contributed by atoms with Gasteiger partial charge in [-0.3, -0.25) is 14.4 Å². The maximum Gasteiger partial charge on any atom is 0.306 e. The monoisotopic (exact) mass is 833 g/mol. The summed E-state index contributed by atoms with van der Waals surface area (Å²) in [5, 5.41) is 0. The predicted molar refractivity (Wildman–Crippen MR) is 256 cm³/mol. The minimum Gasteiger partial charge on any atom is -0.462 e. The molecule has 0 heterocycles. The summed E-state index contributed by atoms with van der Waals surface area (Å²) in [6.45, 7) is 6.27. The predicted octanol–water partition coefficient (Wildman–Crippen LogP) is 15.8. The van der Waals surface area contributed by atoms with E-state index in [1.54, 1.807) is 0 Å². The first-order chi connectivity index (χ1) is 29.5. The van der Waals surface area contributed by atoms with Crippen LogP contribution in [0.1, 0.15) is 207 Å². The highest BCUT2D eigenvalue weighted by atomic mass is 16.6. The van der Waals surface area contributed by atoms with E-state index in [4.69, 9.17) is 14.2 Å². The quantitative estimate of drug-likeness (QED) is 0.0264. The van der Waals surface area contributed by atoms with E-state index in [0.29, 0.717) is 19.3 Å². The van der Waals surface area contributed by atoms with Crippen molar-refractivity contribution in [3.8, 4) is 0 Å². The second kappa shape index (κ2) is 48.0. The van der Waals surface area contributed by atoms with Crippen LogP contribution >= 0.6 is 0 Å². The number of carbonyl (C=O) groups is 3. The lowest BCUT2D eigenvalue weighted by Gasteiger charge is -2.18. The maximum absolute atomic E-state index is 12.7.